The first kappa shape index (κ1) is 9.66. The number of rotatable bonds is 1. The normalized spacial score (nSPS) is 12.2. The summed E-state index contributed by atoms with van der Waals surface area (Å²) in [5.41, 5.74) is 6.21. The Balaban J connectivity index is 1.97. The van der Waals surface area contributed by atoms with E-state index < -0.39 is 0 Å². The smallest absolute Gasteiger partial charge is 0.0963 e. The summed E-state index contributed by atoms with van der Waals surface area (Å²) in [5.74, 6) is 0. The van der Waals surface area contributed by atoms with E-state index in [9.17, 15) is 0 Å². The van der Waals surface area contributed by atoms with Crippen molar-refractivity contribution in [2.75, 3.05) is 0 Å². The highest BCUT2D eigenvalue weighted by Gasteiger charge is 2.22. The molecule has 2 heteroatoms. The highest BCUT2D eigenvalue weighted by atomic mass is 15.1. The van der Waals surface area contributed by atoms with Gasteiger partial charge in [-0.3, -0.25) is 0 Å². The molecule has 0 amide bonds. The van der Waals surface area contributed by atoms with Gasteiger partial charge < -0.3 is 4.57 Å². The van der Waals surface area contributed by atoms with Crippen LogP contribution in [-0.4, -0.2) is 9.55 Å². The average Bonchev–Trinajstić information content (AvgIpc) is 2.98. The molecule has 0 N–H and O–H groups in total. The zero-order valence-corrected chi connectivity index (χ0v) is 9.88. The van der Waals surface area contributed by atoms with Gasteiger partial charge in [-0.2, -0.15) is 0 Å². The lowest BCUT2D eigenvalue weighted by molar-refractivity contribution is 0.840. The molecule has 4 rings (SSSR count). The van der Waals surface area contributed by atoms with Crippen molar-refractivity contribution in [2.45, 2.75) is 6.54 Å². The lowest BCUT2D eigenvalue weighted by atomic mass is 10.0. The van der Waals surface area contributed by atoms with Gasteiger partial charge in [-0.1, -0.05) is 54.6 Å². The molecule has 1 aliphatic heterocycles. The number of benzene rings is 2. The van der Waals surface area contributed by atoms with Crippen molar-refractivity contribution in [3.63, 3.8) is 0 Å². The topological polar surface area (TPSA) is 17.8 Å². The summed E-state index contributed by atoms with van der Waals surface area (Å²) in [6.07, 6.45) is 1.94. The Bertz CT molecular complexity index is 711. The Labute approximate surface area is 106 Å². The first-order valence-corrected chi connectivity index (χ1v) is 6.12. The van der Waals surface area contributed by atoms with E-state index in [0.717, 1.165) is 12.2 Å². The summed E-state index contributed by atoms with van der Waals surface area (Å²) < 4.78 is 2.23. The van der Waals surface area contributed by atoms with Crippen molar-refractivity contribution in [2.24, 2.45) is 0 Å². The summed E-state index contributed by atoms with van der Waals surface area (Å²) in [7, 11) is 0. The minimum atomic E-state index is 0.936. The summed E-state index contributed by atoms with van der Waals surface area (Å²) in [6, 6.07) is 18.9. The van der Waals surface area contributed by atoms with Crippen LogP contribution in [0.1, 0.15) is 5.56 Å². The van der Waals surface area contributed by atoms with Gasteiger partial charge in [0.05, 0.1) is 17.7 Å². The van der Waals surface area contributed by atoms with Crippen molar-refractivity contribution in [3.8, 4) is 22.5 Å². The summed E-state index contributed by atoms with van der Waals surface area (Å²) >= 11 is 0. The van der Waals surface area contributed by atoms with Crippen molar-refractivity contribution >= 4 is 0 Å². The summed E-state index contributed by atoms with van der Waals surface area (Å²) in [4.78, 5) is 4.57. The SMILES string of the molecule is c1ccc(-c2ncn3c2-c2ccccc2C3)cc1. The molecule has 2 nitrogen and oxygen atoms in total. The molecular weight excluding hydrogens is 220 g/mol. The lowest BCUT2D eigenvalue weighted by Crippen LogP contribution is -1.88. The van der Waals surface area contributed by atoms with Crippen molar-refractivity contribution in [1.29, 1.82) is 0 Å². The van der Waals surface area contributed by atoms with Gasteiger partial charge in [0.1, 0.15) is 0 Å². The van der Waals surface area contributed by atoms with Crippen LogP contribution in [0, 0.1) is 0 Å². The lowest BCUT2D eigenvalue weighted by Gasteiger charge is -2.02. The van der Waals surface area contributed by atoms with Gasteiger partial charge in [-0.15, -0.1) is 0 Å². The quantitative estimate of drug-likeness (QED) is 0.490. The van der Waals surface area contributed by atoms with E-state index in [2.05, 4.69) is 58.1 Å². The van der Waals surface area contributed by atoms with E-state index in [-0.39, 0.29) is 0 Å². The zero-order chi connectivity index (χ0) is 11.9. The van der Waals surface area contributed by atoms with Gasteiger partial charge in [0.2, 0.25) is 0 Å². The number of hydrogen-bond donors (Lipinski definition) is 0. The highest BCUT2D eigenvalue weighted by Crippen LogP contribution is 2.38. The second-order valence-electron chi connectivity index (χ2n) is 4.59. The molecule has 1 aliphatic rings. The van der Waals surface area contributed by atoms with Crippen LogP contribution in [0.5, 0.6) is 0 Å². The predicted molar refractivity (Wildman–Crippen MR) is 72.2 cm³/mol. The molecular formula is C16H12N2. The second kappa shape index (κ2) is 3.57. The molecule has 18 heavy (non-hydrogen) atoms. The molecule has 2 aromatic carbocycles. The van der Waals surface area contributed by atoms with Gasteiger partial charge in [-0.05, 0) is 5.56 Å². The Morgan fingerprint density at radius 1 is 0.889 bits per heavy atom. The number of nitrogens with zero attached hydrogens (tertiary/aromatic N) is 2. The van der Waals surface area contributed by atoms with Gasteiger partial charge in [0.25, 0.3) is 0 Å². The van der Waals surface area contributed by atoms with Crippen LogP contribution in [0.25, 0.3) is 22.5 Å². The Kier molecular flexibility index (Phi) is 1.92. The van der Waals surface area contributed by atoms with Crippen LogP contribution in [-0.2, 0) is 6.54 Å². The summed E-state index contributed by atoms with van der Waals surface area (Å²) in [5, 5.41) is 0. The van der Waals surface area contributed by atoms with E-state index in [1.807, 2.05) is 12.4 Å². The largest absolute Gasteiger partial charge is 0.326 e. The standard InChI is InChI=1S/C16H12N2/c1-2-6-12(7-3-1)15-16-14-9-5-4-8-13(14)10-18(16)11-17-15/h1-9,11H,10H2. The molecule has 1 aromatic heterocycles. The highest BCUT2D eigenvalue weighted by molar-refractivity contribution is 5.82. The van der Waals surface area contributed by atoms with E-state index in [1.54, 1.807) is 0 Å². The van der Waals surface area contributed by atoms with Crippen LogP contribution in [0.2, 0.25) is 0 Å². The fourth-order valence-electron chi connectivity index (χ4n) is 2.66. The third kappa shape index (κ3) is 1.26. The molecule has 86 valence electrons. The van der Waals surface area contributed by atoms with Crippen molar-refractivity contribution in [1.82, 2.24) is 9.55 Å². The molecule has 2 heterocycles. The van der Waals surface area contributed by atoms with Crippen LogP contribution in [0.4, 0.5) is 0 Å². The first-order valence-electron chi connectivity index (χ1n) is 6.12. The molecule has 0 unspecified atom stereocenters. The molecule has 0 bridgehead atoms. The molecule has 0 spiro atoms. The number of aromatic nitrogens is 2. The number of imidazole rings is 1. The molecule has 0 atom stereocenters. The molecule has 3 aromatic rings. The fourth-order valence-corrected chi connectivity index (χ4v) is 2.66. The Hall–Kier alpha value is -2.35. The zero-order valence-electron chi connectivity index (χ0n) is 9.88. The van der Waals surface area contributed by atoms with Crippen molar-refractivity contribution in [3.05, 3.63) is 66.5 Å². The monoisotopic (exact) mass is 232 g/mol. The van der Waals surface area contributed by atoms with E-state index >= 15 is 0 Å². The van der Waals surface area contributed by atoms with E-state index in [1.165, 1.54) is 22.4 Å². The Morgan fingerprint density at radius 2 is 1.67 bits per heavy atom. The maximum atomic E-state index is 4.57. The first-order chi connectivity index (χ1) is 8.93. The van der Waals surface area contributed by atoms with E-state index in [4.69, 9.17) is 0 Å². The molecule has 0 saturated carbocycles. The third-order valence-corrected chi connectivity index (χ3v) is 3.50. The third-order valence-electron chi connectivity index (χ3n) is 3.50. The van der Waals surface area contributed by atoms with Gasteiger partial charge in [0.15, 0.2) is 0 Å². The van der Waals surface area contributed by atoms with Crippen LogP contribution in [0.15, 0.2) is 60.9 Å². The molecule has 0 fully saturated rings. The number of fused-ring (bicyclic) bond motifs is 3. The minimum Gasteiger partial charge on any atom is -0.326 e. The maximum absolute atomic E-state index is 4.57. The van der Waals surface area contributed by atoms with Crippen LogP contribution < -0.4 is 0 Å². The Morgan fingerprint density at radius 3 is 2.56 bits per heavy atom. The minimum absolute atomic E-state index is 0.936. The molecule has 0 aliphatic carbocycles. The van der Waals surface area contributed by atoms with Gasteiger partial charge in [0, 0.05) is 17.7 Å². The molecule has 0 radical (unpaired) electrons. The van der Waals surface area contributed by atoms with Crippen LogP contribution >= 0.6 is 0 Å². The predicted octanol–water partition coefficient (Wildman–Crippen LogP) is 3.58. The average molecular weight is 232 g/mol. The van der Waals surface area contributed by atoms with Gasteiger partial charge >= 0.3 is 0 Å². The van der Waals surface area contributed by atoms with Crippen molar-refractivity contribution < 1.29 is 0 Å². The second-order valence-corrected chi connectivity index (χ2v) is 4.59. The van der Waals surface area contributed by atoms with E-state index in [0.29, 0.717) is 0 Å². The fraction of sp³-hybridized carbons (Fsp3) is 0.0625. The number of hydrogen-bond acceptors (Lipinski definition) is 1. The summed E-state index contributed by atoms with van der Waals surface area (Å²) in [6.45, 7) is 0.936. The van der Waals surface area contributed by atoms with Gasteiger partial charge in [-0.25, -0.2) is 4.98 Å². The molecule has 0 saturated heterocycles. The van der Waals surface area contributed by atoms with Crippen LogP contribution in [0.3, 0.4) is 0 Å². The maximum Gasteiger partial charge on any atom is 0.0963 e.